The van der Waals surface area contributed by atoms with Crippen LogP contribution in [0.5, 0.6) is 0 Å². The van der Waals surface area contributed by atoms with Gasteiger partial charge in [-0.25, -0.2) is 0 Å². The van der Waals surface area contributed by atoms with E-state index in [1.165, 1.54) is 0 Å². The lowest BCUT2D eigenvalue weighted by Crippen LogP contribution is -2.48. The van der Waals surface area contributed by atoms with Gasteiger partial charge in [-0.3, -0.25) is 15.0 Å². The molecule has 2 saturated heterocycles. The molecular weight excluding hydrogens is 258 g/mol. The monoisotopic (exact) mass is 277 g/mol. The van der Waals surface area contributed by atoms with Crippen molar-refractivity contribution in [3.8, 4) is 0 Å². The van der Waals surface area contributed by atoms with Crippen LogP contribution in [-0.4, -0.2) is 55.3 Å². The van der Waals surface area contributed by atoms with Crippen molar-refractivity contribution in [3.05, 3.63) is 33.9 Å². The van der Waals surface area contributed by atoms with Crippen LogP contribution in [0.25, 0.3) is 0 Å². The van der Waals surface area contributed by atoms with Gasteiger partial charge < -0.3 is 9.64 Å². The Balaban J connectivity index is 1.81. The molecule has 3 rings (SSSR count). The molecular formula is C14H19N3O3. The molecule has 1 aromatic rings. The van der Waals surface area contributed by atoms with Crippen LogP contribution in [0.2, 0.25) is 0 Å². The zero-order valence-corrected chi connectivity index (χ0v) is 11.8. The number of fused-ring (bicyclic) bond motifs is 1. The zero-order chi connectivity index (χ0) is 14.3. The summed E-state index contributed by atoms with van der Waals surface area (Å²) in [4.78, 5) is 15.1. The summed E-state index contributed by atoms with van der Waals surface area (Å²) >= 11 is 0. The highest BCUT2D eigenvalue weighted by atomic mass is 16.6. The molecule has 0 N–H and O–H groups in total. The number of benzene rings is 1. The number of likely N-dealkylation sites (N-methyl/N-ethyl adjacent to an activating group) is 1. The van der Waals surface area contributed by atoms with E-state index < -0.39 is 0 Å². The Bertz CT molecular complexity index is 534. The maximum absolute atomic E-state index is 10.9. The molecule has 2 unspecified atom stereocenters. The Labute approximate surface area is 118 Å². The number of nitro groups is 1. The molecule has 2 fully saturated rings. The highest BCUT2D eigenvalue weighted by Crippen LogP contribution is 2.29. The Morgan fingerprint density at radius 2 is 2.20 bits per heavy atom. The van der Waals surface area contributed by atoms with E-state index in [-0.39, 0.29) is 16.7 Å². The lowest BCUT2D eigenvalue weighted by atomic mass is 10.1. The van der Waals surface area contributed by atoms with Gasteiger partial charge in [-0.2, -0.15) is 0 Å². The third-order valence-electron chi connectivity index (χ3n) is 4.32. The highest BCUT2D eigenvalue weighted by Gasteiger charge is 2.38. The largest absolute Gasteiger partial charge is 0.373 e. The predicted octanol–water partition coefficient (Wildman–Crippen LogP) is 1.42. The van der Waals surface area contributed by atoms with Crippen LogP contribution in [0.4, 0.5) is 11.4 Å². The molecule has 6 heteroatoms. The number of hydrogen-bond acceptors (Lipinski definition) is 5. The fourth-order valence-corrected chi connectivity index (χ4v) is 3.11. The third-order valence-corrected chi connectivity index (χ3v) is 4.32. The van der Waals surface area contributed by atoms with Crippen molar-refractivity contribution in [1.29, 1.82) is 0 Å². The first kappa shape index (κ1) is 13.3. The van der Waals surface area contributed by atoms with Crippen LogP contribution in [0, 0.1) is 17.0 Å². The van der Waals surface area contributed by atoms with Crippen molar-refractivity contribution in [3.63, 3.8) is 0 Å². The zero-order valence-electron chi connectivity index (χ0n) is 11.8. The van der Waals surface area contributed by atoms with Crippen molar-refractivity contribution in [2.75, 3.05) is 38.2 Å². The van der Waals surface area contributed by atoms with Crippen molar-refractivity contribution in [2.24, 2.45) is 0 Å². The first-order valence-corrected chi connectivity index (χ1v) is 6.88. The van der Waals surface area contributed by atoms with Crippen LogP contribution in [0.3, 0.4) is 0 Å². The van der Waals surface area contributed by atoms with E-state index in [0.29, 0.717) is 11.6 Å². The molecule has 2 atom stereocenters. The van der Waals surface area contributed by atoms with Crippen LogP contribution < -0.4 is 4.90 Å². The number of ether oxygens (including phenoxy) is 1. The van der Waals surface area contributed by atoms with Crippen LogP contribution in [0.15, 0.2) is 18.2 Å². The quantitative estimate of drug-likeness (QED) is 0.604. The summed E-state index contributed by atoms with van der Waals surface area (Å²) in [5, 5.41) is 10.9. The predicted molar refractivity (Wildman–Crippen MR) is 76.2 cm³/mol. The van der Waals surface area contributed by atoms with E-state index in [1.807, 2.05) is 12.1 Å². The average Bonchev–Trinajstić information content (AvgIpc) is 2.83. The summed E-state index contributed by atoms with van der Waals surface area (Å²) in [6.45, 7) is 5.30. The molecule has 20 heavy (non-hydrogen) atoms. The van der Waals surface area contributed by atoms with E-state index in [9.17, 15) is 10.1 Å². The topological polar surface area (TPSA) is 58.8 Å². The molecule has 0 radical (unpaired) electrons. The van der Waals surface area contributed by atoms with Gasteiger partial charge in [-0.05, 0) is 26.1 Å². The first-order chi connectivity index (χ1) is 9.56. The van der Waals surface area contributed by atoms with E-state index in [1.54, 1.807) is 13.0 Å². The van der Waals surface area contributed by atoms with Gasteiger partial charge in [-0.15, -0.1) is 0 Å². The SMILES string of the molecule is Cc1cc(N2CC3OCCN(C)C3C2)ccc1[N+](=O)[O-]. The number of nitrogens with zero attached hydrogens (tertiary/aromatic N) is 3. The van der Waals surface area contributed by atoms with Gasteiger partial charge in [0.15, 0.2) is 0 Å². The molecule has 2 aliphatic heterocycles. The molecule has 6 nitrogen and oxygen atoms in total. The average molecular weight is 277 g/mol. The standard InChI is InChI=1S/C14H19N3O3/c1-10-7-11(3-4-12(10)17(18)19)16-8-13-14(9-16)20-6-5-15(13)2/h3-4,7,13-14H,5-6,8-9H2,1-2H3. The van der Waals surface area contributed by atoms with Gasteiger partial charge in [0.25, 0.3) is 5.69 Å². The minimum atomic E-state index is -0.334. The summed E-state index contributed by atoms with van der Waals surface area (Å²) in [5.74, 6) is 0. The second kappa shape index (κ2) is 5.03. The van der Waals surface area contributed by atoms with Gasteiger partial charge in [-0.1, -0.05) is 0 Å². The minimum Gasteiger partial charge on any atom is -0.373 e. The maximum Gasteiger partial charge on any atom is 0.272 e. The maximum atomic E-state index is 10.9. The Morgan fingerprint density at radius 1 is 1.40 bits per heavy atom. The van der Waals surface area contributed by atoms with Crippen molar-refractivity contribution < 1.29 is 9.66 Å². The second-order valence-electron chi connectivity index (χ2n) is 5.59. The molecule has 0 aliphatic carbocycles. The van der Waals surface area contributed by atoms with Gasteiger partial charge in [0.1, 0.15) is 0 Å². The first-order valence-electron chi connectivity index (χ1n) is 6.88. The van der Waals surface area contributed by atoms with Crippen molar-refractivity contribution >= 4 is 11.4 Å². The number of rotatable bonds is 2. The number of hydrogen-bond donors (Lipinski definition) is 0. The summed E-state index contributed by atoms with van der Waals surface area (Å²) in [6.07, 6.45) is 0.240. The minimum absolute atomic E-state index is 0.179. The highest BCUT2D eigenvalue weighted by molar-refractivity contribution is 5.56. The van der Waals surface area contributed by atoms with E-state index >= 15 is 0 Å². The Hall–Kier alpha value is -1.66. The number of nitro benzene ring substituents is 1. The molecule has 0 saturated carbocycles. The van der Waals surface area contributed by atoms with E-state index in [4.69, 9.17) is 4.74 Å². The summed E-state index contributed by atoms with van der Waals surface area (Å²) in [6, 6.07) is 5.74. The Kier molecular flexibility index (Phi) is 3.35. The smallest absolute Gasteiger partial charge is 0.272 e. The summed E-state index contributed by atoms with van der Waals surface area (Å²) < 4.78 is 5.82. The number of aryl methyl sites for hydroxylation is 1. The van der Waals surface area contributed by atoms with E-state index in [2.05, 4.69) is 16.8 Å². The molecule has 2 aliphatic rings. The van der Waals surface area contributed by atoms with E-state index in [0.717, 1.165) is 31.9 Å². The Morgan fingerprint density at radius 3 is 2.85 bits per heavy atom. The normalized spacial score (nSPS) is 26.6. The molecule has 0 aromatic heterocycles. The summed E-state index contributed by atoms with van der Waals surface area (Å²) in [5.41, 5.74) is 1.93. The number of morpholine rings is 1. The fraction of sp³-hybridized carbons (Fsp3) is 0.571. The van der Waals surface area contributed by atoms with Crippen LogP contribution >= 0.6 is 0 Å². The summed E-state index contributed by atoms with van der Waals surface area (Å²) in [7, 11) is 2.13. The van der Waals surface area contributed by atoms with Gasteiger partial charge in [0.05, 0.1) is 23.7 Å². The molecule has 0 bridgehead atoms. The van der Waals surface area contributed by atoms with Gasteiger partial charge >= 0.3 is 0 Å². The fourth-order valence-electron chi connectivity index (χ4n) is 3.11. The lowest BCUT2D eigenvalue weighted by molar-refractivity contribution is -0.385. The van der Waals surface area contributed by atoms with Crippen molar-refractivity contribution in [1.82, 2.24) is 4.90 Å². The van der Waals surface area contributed by atoms with Crippen molar-refractivity contribution in [2.45, 2.75) is 19.1 Å². The lowest BCUT2D eigenvalue weighted by Gasteiger charge is -2.33. The molecule has 2 heterocycles. The molecule has 0 spiro atoms. The van der Waals surface area contributed by atoms with Crippen LogP contribution in [0.1, 0.15) is 5.56 Å². The van der Waals surface area contributed by atoms with Crippen LogP contribution in [-0.2, 0) is 4.74 Å². The second-order valence-corrected chi connectivity index (χ2v) is 5.59. The van der Waals surface area contributed by atoms with Gasteiger partial charge in [0, 0.05) is 37.0 Å². The third kappa shape index (κ3) is 2.25. The number of anilines is 1. The molecule has 1 aromatic carbocycles. The molecule has 0 amide bonds. The van der Waals surface area contributed by atoms with Gasteiger partial charge in [0.2, 0.25) is 0 Å². The molecule has 108 valence electrons.